The molecule has 2 aliphatic rings. The van der Waals surface area contributed by atoms with Crippen molar-refractivity contribution in [2.45, 2.75) is 26.2 Å². The summed E-state index contributed by atoms with van der Waals surface area (Å²) in [6, 6.07) is 4.57. The molecule has 0 radical (unpaired) electrons. The molecule has 130 valence electrons. The third-order valence-corrected chi connectivity index (χ3v) is 5.02. The van der Waals surface area contributed by atoms with Gasteiger partial charge < -0.3 is 14.9 Å². The van der Waals surface area contributed by atoms with E-state index in [0.29, 0.717) is 30.9 Å². The van der Waals surface area contributed by atoms with Crippen molar-refractivity contribution in [1.82, 2.24) is 4.90 Å². The Balaban J connectivity index is 1.69. The highest BCUT2D eigenvalue weighted by Crippen LogP contribution is 2.29. The van der Waals surface area contributed by atoms with E-state index < -0.39 is 0 Å². The highest BCUT2D eigenvalue weighted by molar-refractivity contribution is 6.00. The molecule has 6 heteroatoms. The second kappa shape index (κ2) is 6.89. The Morgan fingerprint density at radius 1 is 1.38 bits per heavy atom. The zero-order chi connectivity index (χ0) is 17.3. The third-order valence-electron chi connectivity index (χ3n) is 5.02. The predicted molar refractivity (Wildman–Crippen MR) is 88.0 cm³/mol. The number of hydrogen-bond donors (Lipinski definition) is 1. The number of likely N-dealkylation sites (tertiary alicyclic amines) is 1. The lowest BCUT2D eigenvalue weighted by atomic mass is 9.97. The van der Waals surface area contributed by atoms with Crippen LogP contribution in [0, 0.1) is 24.6 Å². The zero-order valence-electron chi connectivity index (χ0n) is 13.9. The first-order valence-corrected chi connectivity index (χ1v) is 8.45. The summed E-state index contributed by atoms with van der Waals surface area (Å²) in [7, 11) is 0. The molecule has 2 fully saturated rings. The van der Waals surface area contributed by atoms with Crippen molar-refractivity contribution in [3.05, 3.63) is 29.6 Å². The van der Waals surface area contributed by atoms with E-state index in [4.69, 9.17) is 0 Å². The molecule has 2 aliphatic heterocycles. The lowest BCUT2D eigenvalue weighted by Gasteiger charge is -2.33. The summed E-state index contributed by atoms with van der Waals surface area (Å²) in [5, 5.41) is 9.31. The molecule has 2 amide bonds. The number of carbonyl (C=O) groups excluding carboxylic acids is 2. The van der Waals surface area contributed by atoms with Crippen molar-refractivity contribution in [3.63, 3.8) is 0 Å². The largest absolute Gasteiger partial charge is 0.396 e. The minimum absolute atomic E-state index is 0.0113. The van der Waals surface area contributed by atoms with Crippen LogP contribution in [0.3, 0.4) is 0 Å². The summed E-state index contributed by atoms with van der Waals surface area (Å²) in [4.78, 5) is 28.4. The lowest BCUT2D eigenvalue weighted by molar-refractivity contribution is -0.137. The summed E-state index contributed by atoms with van der Waals surface area (Å²) >= 11 is 0. The Morgan fingerprint density at radius 2 is 2.17 bits per heavy atom. The number of nitrogens with zero attached hydrogens (tertiary/aromatic N) is 2. The van der Waals surface area contributed by atoms with Gasteiger partial charge in [0.15, 0.2) is 0 Å². The van der Waals surface area contributed by atoms with E-state index in [1.54, 1.807) is 28.9 Å². The highest BCUT2D eigenvalue weighted by Gasteiger charge is 2.38. The summed E-state index contributed by atoms with van der Waals surface area (Å²) in [6.07, 6.45) is 2.01. The van der Waals surface area contributed by atoms with E-state index in [1.165, 1.54) is 6.07 Å². The number of aliphatic hydroxyl groups is 1. The van der Waals surface area contributed by atoms with Crippen LogP contribution in [0.15, 0.2) is 18.2 Å². The predicted octanol–water partition coefficient (Wildman–Crippen LogP) is 1.72. The zero-order valence-corrected chi connectivity index (χ0v) is 13.9. The fourth-order valence-electron chi connectivity index (χ4n) is 3.59. The van der Waals surface area contributed by atoms with Gasteiger partial charge >= 0.3 is 0 Å². The molecule has 1 aromatic carbocycles. The average Bonchev–Trinajstić information content (AvgIpc) is 2.98. The first kappa shape index (κ1) is 16.9. The topological polar surface area (TPSA) is 60.9 Å². The van der Waals surface area contributed by atoms with Gasteiger partial charge in [0.1, 0.15) is 5.82 Å². The van der Waals surface area contributed by atoms with Crippen LogP contribution in [-0.4, -0.2) is 48.1 Å². The molecule has 2 heterocycles. The molecule has 2 unspecified atom stereocenters. The number of rotatable bonds is 3. The van der Waals surface area contributed by atoms with Crippen LogP contribution in [0.5, 0.6) is 0 Å². The Labute approximate surface area is 141 Å². The van der Waals surface area contributed by atoms with Crippen LogP contribution in [0.1, 0.15) is 24.8 Å². The minimum atomic E-state index is -0.361. The quantitative estimate of drug-likeness (QED) is 0.915. The maximum atomic E-state index is 13.4. The van der Waals surface area contributed by atoms with Gasteiger partial charge in [0.05, 0.1) is 5.92 Å². The monoisotopic (exact) mass is 334 g/mol. The third kappa shape index (κ3) is 3.29. The lowest BCUT2D eigenvalue weighted by Crippen LogP contribution is -2.44. The van der Waals surface area contributed by atoms with Crippen LogP contribution >= 0.6 is 0 Å². The minimum Gasteiger partial charge on any atom is -0.396 e. The Hall–Kier alpha value is -1.95. The number of amides is 2. The van der Waals surface area contributed by atoms with E-state index >= 15 is 0 Å². The molecule has 2 saturated heterocycles. The smallest absolute Gasteiger partial charge is 0.228 e. The van der Waals surface area contributed by atoms with E-state index in [2.05, 4.69) is 0 Å². The number of piperidine rings is 1. The van der Waals surface area contributed by atoms with Gasteiger partial charge in [-0.2, -0.15) is 0 Å². The first-order valence-electron chi connectivity index (χ1n) is 8.45. The first-order chi connectivity index (χ1) is 11.5. The van der Waals surface area contributed by atoms with Gasteiger partial charge in [0.2, 0.25) is 11.8 Å². The normalized spacial score (nSPS) is 24.5. The van der Waals surface area contributed by atoms with E-state index in [1.807, 2.05) is 0 Å². The van der Waals surface area contributed by atoms with Crippen LogP contribution in [0.2, 0.25) is 0 Å². The van der Waals surface area contributed by atoms with Gasteiger partial charge in [-0.3, -0.25) is 9.59 Å². The Kier molecular flexibility index (Phi) is 4.85. The van der Waals surface area contributed by atoms with Gasteiger partial charge in [-0.1, -0.05) is 0 Å². The fourth-order valence-corrected chi connectivity index (χ4v) is 3.59. The SMILES string of the molecule is Cc1cc(N2CC(C(=O)N3CCCC(CO)C3)CC2=O)ccc1F. The summed E-state index contributed by atoms with van der Waals surface area (Å²) < 4.78 is 13.4. The molecule has 0 bridgehead atoms. The van der Waals surface area contributed by atoms with Crippen molar-refractivity contribution in [2.75, 3.05) is 31.1 Å². The van der Waals surface area contributed by atoms with E-state index in [-0.39, 0.29) is 42.5 Å². The van der Waals surface area contributed by atoms with Crippen molar-refractivity contribution >= 4 is 17.5 Å². The van der Waals surface area contributed by atoms with Crippen LogP contribution in [0.25, 0.3) is 0 Å². The maximum absolute atomic E-state index is 13.4. The molecule has 2 atom stereocenters. The number of anilines is 1. The number of halogens is 1. The molecule has 0 aliphatic carbocycles. The molecule has 0 saturated carbocycles. The summed E-state index contributed by atoms with van der Waals surface area (Å²) in [5.41, 5.74) is 1.12. The van der Waals surface area contributed by atoms with E-state index in [0.717, 1.165) is 12.8 Å². The van der Waals surface area contributed by atoms with Gasteiger partial charge in [-0.15, -0.1) is 0 Å². The molecular weight excluding hydrogens is 311 g/mol. The maximum Gasteiger partial charge on any atom is 0.228 e. The summed E-state index contributed by atoms with van der Waals surface area (Å²) in [5.74, 6) is -0.643. The van der Waals surface area contributed by atoms with Crippen LogP contribution < -0.4 is 4.90 Å². The van der Waals surface area contributed by atoms with Gasteiger partial charge in [0.25, 0.3) is 0 Å². The van der Waals surface area contributed by atoms with Crippen molar-refractivity contribution in [3.8, 4) is 0 Å². The summed E-state index contributed by atoms with van der Waals surface area (Å²) in [6.45, 7) is 3.34. The fraction of sp³-hybridized carbons (Fsp3) is 0.556. The standard InChI is InChI=1S/C18H23FN2O3/c1-12-7-15(4-5-16(12)19)21-10-14(8-17(21)23)18(24)20-6-2-3-13(9-20)11-22/h4-5,7,13-14,22H,2-3,6,8-11H2,1H3. The molecule has 5 nitrogen and oxygen atoms in total. The second-order valence-corrected chi connectivity index (χ2v) is 6.81. The van der Waals surface area contributed by atoms with Gasteiger partial charge in [0, 0.05) is 38.3 Å². The number of hydrogen-bond acceptors (Lipinski definition) is 3. The molecule has 3 rings (SSSR count). The molecular formula is C18H23FN2O3. The van der Waals surface area contributed by atoms with Crippen molar-refractivity contribution in [2.24, 2.45) is 11.8 Å². The number of benzene rings is 1. The van der Waals surface area contributed by atoms with Crippen LogP contribution in [0.4, 0.5) is 10.1 Å². The Morgan fingerprint density at radius 3 is 2.88 bits per heavy atom. The van der Waals surface area contributed by atoms with Crippen LogP contribution in [-0.2, 0) is 9.59 Å². The van der Waals surface area contributed by atoms with Gasteiger partial charge in [-0.25, -0.2) is 4.39 Å². The number of carbonyl (C=O) groups is 2. The van der Waals surface area contributed by atoms with Gasteiger partial charge in [-0.05, 0) is 49.4 Å². The number of aryl methyl sites for hydroxylation is 1. The molecule has 1 aromatic rings. The Bertz CT molecular complexity index is 649. The van der Waals surface area contributed by atoms with Crippen molar-refractivity contribution in [1.29, 1.82) is 0 Å². The number of aliphatic hydroxyl groups excluding tert-OH is 1. The highest BCUT2D eigenvalue weighted by atomic mass is 19.1. The van der Waals surface area contributed by atoms with Crippen molar-refractivity contribution < 1.29 is 19.1 Å². The molecule has 0 spiro atoms. The molecule has 24 heavy (non-hydrogen) atoms. The molecule has 0 aromatic heterocycles. The second-order valence-electron chi connectivity index (χ2n) is 6.81. The average molecular weight is 334 g/mol. The van der Waals surface area contributed by atoms with E-state index in [9.17, 15) is 19.1 Å². The molecule has 1 N–H and O–H groups in total.